The van der Waals surface area contributed by atoms with Crippen LogP contribution in [-0.2, 0) is 4.79 Å². The fourth-order valence-corrected chi connectivity index (χ4v) is 4.11. The van der Waals surface area contributed by atoms with Gasteiger partial charge in [0.05, 0.1) is 11.4 Å². The molecular weight excluding hydrogens is 425 g/mol. The lowest BCUT2D eigenvalue weighted by Gasteiger charge is -2.00. The Morgan fingerprint density at radius 3 is 2.89 bits per heavy atom. The minimum absolute atomic E-state index is 0.154. The molecule has 0 bridgehead atoms. The number of fused-ring (bicyclic) bond motifs is 1. The number of halogens is 2. The van der Waals surface area contributed by atoms with Crippen molar-refractivity contribution >= 4 is 68.4 Å². The van der Waals surface area contributed by atoms with E-state index in [0.717, 1.165) is 11.3 Å². The van der Waals surface area contributed by atoms with Crippen LogP contribution in [0.1, 0.15) is 0 Å². The molecule has 0 aliphatic heterocycles. The van der Waals surface area contributed by atoms with Crippen molar-refractivity contribution in [3.8, 4) is 11.3 Å². The number of oxazole rings is 1. The summed E-state index contributed by atoms with van der Waals surface area (Å²) in [5.41, 5.74) is 2.85. The van der Waals surface area contributed by atoms with Gasteiger partial charge in [-0.2, -0.15) is 0 Å². The third kappa shape index (κ3) is 4.27. The van der Waals surface area contributed by atoms with Crippen LogP contribution in [-0.4, -0.2) is 21.6 Å². The van der Waals surface area contributed by atoms with Gasteiger partial charge in [0.15, 0.2) is 10.7 Å². The summed E-state index contributed by atoms with van der Waals surface area (Å²) in [6.45, 7) is 0. The van der Waals surface area contributed by atoms with Gasteiger partial charge in [-0.1, -0.05) is 53.2 Å². The summed E-state index contributed by atoms with van der Waals surface area (Å²) in [4.78, 5) is 20.9. The van der Waals surface area contributed by atoms with E-state index in [2.05, 4.69) is 15.3 Å². The minimum atomic E-state index is -0.194. The van der Waals surface area contributed by atoms with E-state index >= 15 is 0 Å². The normalized spacial score (nSPS) is 11.0. The van der Waals surface area contributed by atoms with Gasteiger partial charge in [-0.15, -0.1) is 11.3 Å². The first-order valence-corrected chi connectivity index (χ1v) is 10.4. The molecule has 2 heterocycles. The van der Waals surface area contributed by atoms with E-state index in [-0.39, 0.29) is 11.7 Å². The Balaban J connectivity index is 1.38. The molecule has 0 atom stereocenters. The number of anilines is 1. The number of carbonyl (C=O) groups is 1. The highest BCUT2D eigenvalue weighted by atomic mass is 35.5. The maximum atomic E-state index is 12.2. The molecule has 0 unspecified atom stereocenters. The van der Waals surface area contributed by atoms with E-state index < -0.39 is 0 Å². The van der Waals surface area contributed by atoms with Crippen LogP contribution in [0.4, 0.5) is 5.13 Å². The number of hydrogen-bond acceptors (Lipinski definition) is 6. The number of carbonyl (C=O) groups excluding carboxylic acids is 1. The van der Waals surface area contributed by atoms with Crippen molar-refractivity contribution in [1.29, 1.82) is 0 Å². The number of thioether (sulfide) groups is 1. The summed E-state index contributed by atoms with van der Waals surface area (Å²) in [5, 5.41) is 6.77. The van der Waals surface area contributed by atoms with Crippen LogP contribution in [0.5, 0.6) is 0 Å². The fourth-order valence-electron chi connectivity index (χ4n) is 2.35. The van der Waals surface area contributed by atoms with Gasteiger partial charge in [0, 0.05) is 21.0 Å². The Bertz CT molecular complexity index is 1130. The largest absolute Gasteiger partial charge is 0.431 e. The number of nitrogens with one attached hydrogen (secondary N) is 1. The van der Waals surface area contributed by atoms with Crippen molar-refractivity contribution in [1.82, 2.24) is 9.97 Å². The summed E-state index contributed by atoms with van der Waals surface area (Å²) in [7, 11) is 0. The molecule has 4 aromatic rings. The zero-order chi connectivity index (χ0) is 18.8. The SMILES string of the molecule is O=C(CSc1nc2cc(Cl)ccc2o1)Nc1nc(-c2ccccc2Cl)cs1. The van der Waals surface area contributed by atoms with E-state index in [4.69, 9.17) is 27.6 Å². The van der Waals surface area contributed by atoms with Crippen LogP contribution in [0.25, 0.3) is 22.4 Å². The predicted molar refractivity (Wildman–Crippen MR) is 111 cm³/mol. The number of thiazole rings is 1. The van der Waals surface area contributed by atoms with Crippen molar-refractivity contribution < 1.29 is 9.21 Å². The zero-order valence-electron chi connectivity index (χ0n) is 13.6. The van der Waals surface area contributed by atoms with Gasteiger partial charge < -0.3 is 9.73 Å². The van der Waals surface area contributed by atoms with Crippen molar-refractivity contribution in [2.45, 2.75) is 5.22 Å². The molecule has 0 spiro atoms. The molecule has 1 N–H and O–H groups in total. The fraction of sp³-hybridized carbons (Fsp3) is 0.0556. The monoisotopic (exact) mass is 435 g/mol. The molecule has 0 saturated heterocycles. The lowest BCUT2D eigenvalue weighted by molar-refractivity contribution is -0.113. The van der Waals surface area contributed by atoms with E-state index in [1.54, 1.807) is 24.3 Å². The lowest BCUT2D eigenvalue weighted by Crippen LogP contribution is -2.13. The number of amides is 1. The van der Waals surface area contributed by atoms with Crippen molar-refractivity contribution in [3.05, 3.63) is 57.9 Å². The highest BCUT2D eigenvalue weighted by molar-refractivity contribution is 7.99. The molecule has 0 aliphatic carbocycles. The summed E-state index contributed by atoms with van der Waals surface area (Å²) in [6, 6.07) is 12.6. The number of hydrogen-bond donors (Lipinski definition) is 1. The Kier molecular flexibility index (Phi) is 5.36. The molecule has 27 heavy (non-hydrogen) atoms. The van der Waals surface area contributed by atoms with Crippen molar-refractivity contribution in [3.63, 3.8) is 0 Å². The zero-order valence-corrected chi connectivity index (χ0v) is 16.8. The second-order valence-corrected chi connectivity index (χ2v) is 8.07. The first kappa shape index (κ1) is 18.3. The van der Waals surface area contributed by atoms with Crippen LogP contribution < -0.4 is 5.32 Å². The van der Waals surface area contributed by atoms with Crippen LogP contribution in [0.3, 0.4) is 0 Å². The van der Waals surface area contributed by atoms with Gasteiger partial charge >= 0.3 is 0 Å². The molecule has 0 aliphatic rings. The Morgan fingerprint density at radius 1 is 1.19 bits per heavy atom. The molecule has 0 fully saturated rings. The number of rotatable bonds is 5. The number of benzene rings is 2. The standard InChI is InChI=1S/C18H11Cl2N3O2S2/c19-10-5-6-15-13(7-10)22-18(25-15)27-9-16(24)23-17-21-14(8-26-17)11-3-1-2-4-12(11)20/h1-8H,9H2,(H,21,23,24). The van der Waals surface area contributed by atoms with E-state index in [0.29, 0.717) is 31.5 Å². The third-order valence-electron chi connectivity index (χ3n) is 3.56. The Hall–Kier alpha value is -2.06. The van der Waals surface area contributed by atoms with Gasteiger partial charge in [-0.3, -0.25) is 4.79 Å². The summed E-state index contributed by atoms with van der Waals surface area (Å²) in [5.74, 6) is -0.0398. The molecule has 5 nitrogen and oxygen atoms in total. The van der Waals surface area contributed by atoms with Gasteiger partial charge in [0.2, 0.25) is 5.91 Å². The minimum Gasteiger partial charge on any atom is -0.431 e. The van der Waals surface area contributed by atoms with E-state index in [1.165, 1.54) is 23.1 Å². The Morgan fingerprint density at radius 2 is 2.04 bits per heavy atom. The highest BCUT2D eigenvalue weighted by Gasteiger charge is 2.13. The second-order valence-electron chi connectivity index (χ2n) is 5.45. The van der Waals surface area contributed by atoms with Crippen LogP contribution >= 0.6 is 46.3 Å². The van der Waals surface area contributed by atoms with Crippen LogP contribution in [0.15, 0.2) is 57.5 Å². The predicted octanol–water partition coefficient (Wildman–Crippen LogP) is 5.99. The topological polar surface area (TPSA) is 68.0 Å². The molecule has 0 saturated carbocycles. The molecule has 2 aromatic carbocycles. The second kappa shape index (κ2) is 7.90. The first-order chi connectivity index (χ1) is 13.1. The maximum absolute atomic E-state index is 12.2. The average Bonchev–Trinajstić information content (AvgIpc) is 3.26. The van der Waals surface area contributed by atoms with E-state index in [9.17, 15) is 4.79 Å². The van der Waals surface area contributed by atoms with Crippen LogP contribution in [0, 0.1) is 0 Å². The molecule has 4 rings (SSSR count). The maximum Gasteiger partial charge on any atom is 0.257 e. The molecule has 9 heteroatoms. The summed E-state index contributed by atoms with van der Waals surface area (Å²) < 4.78 is 5.58. The van der Waals surface area contributed by atoms with Crippen molar-refractivity contribution in [2.24, 2.45) is 0 Å². The molecule has 1 amide bonds. The summed E-state index contributed by atoms with van der Waals surface area (Å²) >= 11 is 14.7. The van der Waals surface area contributed by atoms with E-state index in [1.807, 2.05) is 23.6 Å². The quantitative estimate of drug-likeness (QED) is 0.389. The molecule has 2 aromatic heterocycles. The van der Waals surface area contributed by atoms with Crippen LogP contribution in [0.2, 0.25) is 10.0 Å². The highest BCUT2D eigenvalue weighted by Crippen LogP contribution is 2.30. The third-order valence-corrected chi connectivity index (χ3v) is 5.71. The van der Waals surface area contributed by atoms with Gasteiger partial charge in [-0.05, 0) is 24.3 Å². The molecular formula is C18H11Cl2N3O2S2. The van der Waals surface area contributed by atoms with Crippen molar-refractivity contribution in [2.75, 3.05) is 11.1 Å². The lowest BCUT2D eigenvalue weighted by atomic mass is 10.2. The average molecular weight is 436 g/mol. The molecule has 136 valence electrons. The number of aromatic nitrogens is 2. The number of nitrogens with zero attached hydrogens (tertiary/aromatic N) is 2. The van der Waals surface area contributed by atoms with Gasteiger partial charge in [0.1, 0.15) is 5.52 Å². The molecule has 0 radical (unpaired) electrons. The Labute approximate surface area is 172 Å². The van der Waals surface area contributed by atoms with Gasteiger partial charge in [-0.25, -0.2) is 9.97 Å². The summed E-state index contributed by atoms with van der Waals surface area (Å²) in [6.07, 6.45) is 0. The first-order valence-electron chi connectivity index (χ1n) is 7.78. The van der Waals surface area contributed by atoms with Gasteiger partial charge in [0.25, 0.3) is 5.22 Å². The smallest absolute Gasteiger partial charge is 0.257 e.